The molecule has 2 rings (SSSR count). The quantitative estimate of drug-likeness (QED) is 0.318. The van der Waals surface area contributed by atoms with E-state index in [1.807, 2.05) is 18.3 Å². The van der Waals surface area contributed by atoms with Gasteiger partial charge in [0.15, 0.2) is 0 Å². The molecule has 0 spiro atoms. The van der Waals surface area contributed by atoms with Gasteiger partial charge < -0.3 is 24.8 Å². The Morgan fingerprint density at radius 1 is 0.818 bits per heavy atom. The Hall–Kier alpha value is -2.06. The van der Waals surface area contributed by atoms with Crippen LogP contribution >= 0.6 is 0 Å². The summed E-state index contributed by atoms with van der Waals surface area (Å²) in [6.45, 7) is 5.55. The normalized spacial score (nSPS) is 10.5. The van der Waals surface area contributed by atoms with Gasteiger partial charge in [-0.1, -0.05) is 6.07 Å². The fourth-order valence-electron chi connectivity index (χ4n) is 2.05. The van der Waals surface area contributed by atoms with Crippen molar-refractivity contribution in [3.63, 3.8) is 0 Å². The summed E-state index contributed by atoms with van der Waals surface area (Å²) in [7, 11) is 1.88. The van der Waals surface area contributed by atoms with Crippen molar-refractivity contribution in [2.75, 3.05) is 67.0 Å². The van der Waals surface area contributed by atoms with E-state index in [-0.39, 0.29) is 0 Å². The lowest BCUT2D eigenvalue weighted by Crippen LogP contribution is -2.25. The van der Waals surface area contributed by atoms with Gasteiger partial charge in [-0.3, -0.25) is 15.0 Å². The molecule has 0 saturated heterocycles. The molecule has 0 amide bonds. The zero-order valence-corrected chi connectivity index (χ0v) is 20.8. The van der Waals surface area contributed by atoms with Crippen molar-refractivity contribution < 1.29 is 22.6 Å². The van der Waals surface area contributed by atoms with E-state index < -0.39 is 10.0 Å². The average Bonchev–Trinajstić information content (AvgIpc) is 2.81. The van der Waals surface area contributed by atoms with Crippen molar-refractivity contribution in [1.29, 1.82) is 0 Å². The van der Waals surface area contributed by atoms with Crippen LogP contribution < -0.4 is 15.4 Å². The third-order valence-corrected chi connectivity index (χ3v) is 4.34. The van der Waals surface area contributed by atoms with E-state index in [0.717, 1.165) is 51.3 Å². The Morgan fingerprint density at radius 2 is 1.42 bits per heavy atom. The topological polar surface area (TPSA) is 137 Å². The van der Waals surface area contributed by atoms with Crippen LogP contribution in [0.2, 0.25) is 0 Å². The molecule has 3 N–H and O–H groups in total. The number of hydrogen-bond acceptors (Lipinski definition) is 10. The van der Waals surface area contributed by atoms with Crippen molar-refractivity contribution in [3.8, 4) is 0 Å². The summed E-state index contributed by atoms with van der Waals surface area (Å²) in [4.78, 5) is 12.1. The molecule has 0 bridgehead atoms. The maximum Gasteiger partial charge on any atom is 0.208 e. The van der Waals surface area contributed by atoms with Gasteiger partial charge in [0.05, 0.1) is 31.8 Å². The van der Waals surface area contributed by atoms with Crippen LogP contribution in [-0.4, -0.2) is 90.4 Å². The molecule has 33 heavy (non-hydrogen) atoms. The summed E-state index contributed by atoms with van der Waals surface area (Å²) < 4.78 is 37.3. The van der Waals surface area contributed by atoms with Crippen molar-refractivity contribution in [2.45, 2.75) is 13.1 Å². The predicted octanol–water partition coefficient (Wildman–Crippen LogP) is 0.212. The second-order valence-corrected chi connectivity index (χ2v) is 8.39. The Bertz CT molecular complexity index is 722. The van der Waals surface area contributed by atoms with Crippen molar-refractivity contribution in [2.24, 2.45) is 0 Å². The van der Waals surface area contributed by atoms with E-state index in [2.05, 4.69) is 35.0 Å². The van der Waals surface area contributed by atoms with Crippen LogP contribution in [0.15, 0.2) is 43.1 Å². The molecule has 0 aromatic carbocycles. The minimum absolute atomic E-state index is 0.343. The highest BCUT2D eigenvalue weighted by atomic mass is 32.2. The highest BCUT2D eigenvalue weighted by molar-refractivity contribution is 7.88. The fourth-order valence-corrected chi connectivity index (χ4v) is 2.50. The van der Waals surface area contributed by atoms with Gasteiger partial charge in [-0.15, -0.1) is 0 Å². The summed E-state index contributed by atoms with van der Waals surface area (Å²) in [5.74, 6) is 0. The Kier molecular flexibility index (Phi) is 20.4. The van der Waals surface area contributed by atoms with E-state index in [1.165, 1.54) is 12.7 Å². The monoisotopic (exact) mass is 486 g/mol. The molecule has 0 saturated carbocycles. The molecular weight excluding hydrogens is 448 g/mol. The predicted molar refractivity (Wildman–Crippen MR) is 128 cm³/mol. The van der Waals surface area contributed by atoms with Crippen LogP contribution in [0.3, 0.4) is 0 Å². The molecule has 188 valence electrons. The zero-order chi connectivity index (χ0) is 24.6. The molecule has 0 atom stereocenters. The summed E-state index contributed by atoms with van der Waals surface area (Å²) in [6, 6.07) is 3.99. The number of ether oxygens (including phenoxy) is 3. The van der Waals surface area contributed by atoms with Crippen molar-refractivity contribution in [1.82, 2.24) is 30.3 Å². The van der Waals surface area contributed by atoms with Gasteiger partial charge in [0.2, 0.25) is 10.0 Å². The second-order valence-electron chi connectivity index (χ2n) is 6.56. The molecule has 0 aliphatic rings. The van der Waals surface area contributed by atoms with Crippen LogP contribution in [0.1, 0.15) is 11.3 Å². The number of nitrogens with one attached hydrogen (secondary N) is 3. The van der Waals surface area contributed by atoms with E-state index in [0.29, 0.717) is 13.2 Å². The van der Waals surface area contributed by atoms with E-state index in [9.17, 15) is 8.42 Å². The van der Waals surface area contributed by atoms with Gasteiger partial charge in [0, 0.05) is 85.0 Å². The van der Waals surface area contributed by atoms with Crippen LogP contribution in [-0.2, 0) is 37.3 Å². The highest BCUT2D eigenvalue weighted by Crippen LogP contribution is 1.93. The summed E-state index contributed by atoms with van der Waals surface area (Å²) >= 11 is 0. The molecule has 12 heteroatoms. The van der Waals surface area contributed by atoms with Gasteiger partial charge >= 0.3 is 0 Å². The van der Waals surface area contributed by atoms with E-state index >= 15 is 0 Å². The standard InChI is InChI=1S/C9H14N2O.C8H13N3O.C4H11NO3S/c1-12-6-5-11-8-9-3-2-4-10-7-9;1-12-5-4-10-7-8-6-9-2-3-11-8;1-8-4-3-5-9(2,6)7/h2-4,7,11H,5-6,8H2,1H3;2-3,6,10H,4-5,7H2,1H3;5H,3-4H2,1-2H3. The maximum absolute atomic E-state index is 10.3. The summed E-state index contributed by atoms with van der Waals surface area (Å²) in [5.41, 5.74) is 2.15. The first kappa shape index (κ1) is 30.9. The molecule has 0 aliphatic heterocycles. The summed E-state index contributed by atoms with van der Waals surface area (Å²) in [5, 5.41) is 6.41. The van der Waals surface area contributed by atoms with Crippen LogP contribution in [0.25, 0.3) is 0 Å². The minimum atomic E-state index is -3.03. The van der Waals surface area contributed by atoms with Crippen molar-refractivity contribution >= 4 is 10.0 Å². The second kappa shape index (κ2) is 21.8. The lowest BCUT2D eigenvalue weighted by Gasteiger charge is -2.02. The third-order valence-electron chi connectivity index (χ3n) is 3.61. The van der Waals surface area contributed by atoms with Crippen molar-refractivity contribution in [3.05, 3.63) is 54.4 Å². The summed E-state index contributed by atoms with van der Waals surface area (Å²) in [6.07, 6.45) is 9.85. The van der Waals surface area contributed by atoms with Crippen LogP contribution in [0.5, 0.6) is 0 Å². The van der Waals surface area contributed by atoms with Crippen LogP contribution in [0.4, 0.5) is 0 Å². The van der Waals surface area contributed by atoms with E-state index in [4.69, 9.17) is 9.47 Å². The number of methoxy groups -OCH3 is 3. The minimum Gasteiger partial charge on any atom is -0.383 e. The molecule has 0 radical (unpaired) electrons. The Morgan fingerprint density at radius 3 is 1.94 bits per heavy atom. The number of nitrogens with zero attached hydrogens (tertiary/aromatic N) is 3. The smallest absolute Gasteiger partial charge is 0.208 e. The third kappa shape index (κ3) is 22.9. The lowest BCUT2D eigenvalue weighted by molar-refractivity contribution is 0.199. The molecule has 2 heterocycles. The van der Waals surface area contributed by atoms with Gasteiger partial charge in [0.25, 0.3) is 0 Å². The first-order valence-corrected chi connectivity index (χ1v) is 12.3. The molecule has 2 aromatic heterocycles. The molecule has 0 aliphatic carbocycles. The molecule has 2 aromatic rings. The number of rotatable bonds is 14. The molecule has 11 nitrogen and oxygen atoms in total. The zero-order valence-electron chi connectivity index (χ0n) is 20.0. The first-order valence-electron chi connectivity index (χ1n) is 10.4. The largest absolute Gasteiger partial charge is 0.383 e. The lowest BCUT2D eigenvalue weighted by atomic mass is 10.3. The Labute approximate surface area is 197 Å². The first-order chi connectivity index (χ1) is 15.9. The van der Waals surface area contributed by atoms with Gasteiger partial charge in [-0.05, 0) is 11.6 Å². The number of pyridine rings is 1. The molecule has 0 fully saturated rings. The van der Waals surface area contributed by atoms with E-state index in [1.54, 1.807) is 39.0 Å². The highest BCUT2D eigenvalue weighted by Gasteiger charge is 1.96. The number of sulfonamides is 1. The number of hydrogen-bond donors (Lipinski definition) is 3. The Balaban J connectivity index is 0.000000472. The number of aromatic nitrogens is 3. The van der Waals surface area contributed by atoms with Gasteiger partial charge in [-0.25, -0.2) is 13.1 Å². The van der Waals surface area contributed by atoms with Gasteiger partial charge in [-0.2, -0.15) is 0 Å². The maximum atomic E-state index is 10.3. The van der Waals surface area contributed by atoms with Crippen LogP contribution in [0, 0.1) is 0 Å². The SMILES string of the molecule is COCCNCc1cccnc1.COCCNCc1cnccn1.COCCNS(C)(=O)=O. The average molecular weight is 487 g/mol. The fraction of sp³-hybridized carbons (Fsp3) is 0.571. The molecular formula is C21H38N6O5S. The molecule has 0 unspecified atom stereocenters. The van der Waals surface area contributed by atoms with Gasteiger partial charge in [0.1, 0.15) is 0 Å².